The molecule has 0 unspecified atom stereocenters. The molecule has 0 radical (unpaired) electrons. The van der Waals surface area contributed by atoms with E-state index < -0.39 is 0 Å². The molecule has 0 atom stereocenters. The monoisotopic (exact) mass is 604 g/mol. The second-order valence-corrected chi connectivity index (χ2v) is 13.1. The number of rotatable bonds is 5. The van der Waals surface area contributed by atoms with E-state index in [4.69, 9.17) is 19.3 Å². The lowest BCUT2D eigenvalue weighted by atomic mass is 9.65. The van der Waals surface area contributed by atoms with Crippen LogP contribution in [0.5, 0.6) is 0 Å². The number of hydrogen-bond donors (Lipinski definition) is 0. The van der Waals surface area contributed by atoms with Crippen LogP contribution < -0.4 is 5.46 Å². The first-order valence-corrected chi connectivity index (χ1v) is 16.0. The molecule has 2 aliphatic rings. The van der Waals surface area contributed by atoms with E-state index in [2.05, 4.69) is 120 Å². The van der Waals surface area contributed by atoms with E-state index in [1.165, 1.54) is 16.7 Å². The molecule has 5 heteroatoms. The van der Waals surface area contributed by atoms with Crippen molar-refractivity contribution >= 4 is 12.6 Å². The Hall–Kier alpha value is -4.58. The second-order valence-electron chi connectivity index (χ2n) is 13.1. The molecule has 1 aromatic heterocycles. The lowest BCUT2D eigenvalue weighted by molar-refractivity contribution is 0.227. The molecule has 2 heterocycles. The lowest BCUT2D eigenvalue weighted by Crippen LogP contribution is -2.31. The van der Waals surface area contributed by atoms with Gasteiger partial charge in [0.05, 0.1) is 24.6 Å². The van der Waals surface area contributed by atoms with Crippen LogP contribution in [0.15, 0.2) is 139 Å². The molecule has 5 aromatic rings. The average Bonchev–Trinajstić information content (AvgIpc) is 3.63. The molecule has 0 N–H and O–H groups in total. The number of allylic oxidation sites excluding steroid dienone is 4. The Morgan fingerprint density at radius 1 is 0.565 bits per heavy atom. The van der Waals surface area contributed by atoms with E-state index in [9.17, 15) is 0 Å². The largest absolute Gasteiger partial charge is 0.494 e. The van der Waals surface area contributed by atoms with Crippen LogP contribution in [0.3, 0.4) is 0 Å². The topological polar surface area (TPSA) is 44.2 Å². The predicted molar refractivity (Wildman–Crippen MR) is 192 cm³/mol. The van der Waals surface area contributed by atoms with Gasteiger partial charge < -0.3 is 9.31 Å². The summed E-state index contributed by atoms with van der Waals surface area (Å²) in [5, 5.41) is 0. The van der Waals surface area contributed by atoms with Crippen molar-refractivity contribution in [2.24, 2.45) is 10.8 Å². The average molecular weight is 605 g/mol. The molecule has 4 aromatic carbocycles. The first kappa shape index (κ1) is 31.4. The molecule has 1 saturated heterocycles. The van der Waals surface area contributed by atoms with Crippen LogP contribution in [0.25, 0.3) is 45.0 Å². The van der Waals surface area contributed by atoms with Gasteiger partial charge in [0, 0.05) is 11.1 Å². The minimum atomic E-state index is -0.324. The van der Waals surface area contributed by atoms with E-state index in [0.717, 1.165) is 33.5 Å². The van der Waals surface area contributed by atoms with Crippen LogP contribution in [0.1, 0.15) is 34.6 Å². The van der Waals surface area contributed by atoms with Gasteiger partial charge in [-0.15, -0.1) is 0 Å². The Bertz CT molecular complexity index is 1840. The van der Waals surface area contributed by atoms with Gasteiger partial charge in [0.2, 0.25) is 0 Å². The Morgan fingerprint density at radius 2 is 1.11 bits per heavy atom. The van der Waals surface area contributed by atoms with Gasteiger partial charge in [-0.2, -0.15) is 0 Å². The molecule has 7 rings (SSSR count). The van der Waals surface area contributed by atoms with E-state index in [1.54, 1.807) is 0 Å². The molecule has 0 spiro atoms. The summed E-state index contributed by atoms with van der Waals surface area (Å²) in [6.45, 7) is 12.5. The van der Waals surface area contributed by atoms with Crippen molar-refractivity contribution in [3.05, 3.63) is 139 Å². The summed E-state index contributed by atoms with van der Waals surface area (Å²) < 4.78 is 11.4. The van der Waals surface area contributed by atoms with E-state index >= 15 is 0 Å². The van der Waals surface area contributed by atoms with Gasteiger partial charge in [0.1, 0.15) is 0 Å². The van der Waals surface area contributed by atoms with Crippen LogP contribution in [0.2, 0.25) is 0 Å². The quantitative estimate of drug-likeness (QED) is 0.188. The summed E-state index contributed by atoms with van der Waals surface area (Å²) in [5.41, 5.74) is 10.1. The van der Waals surface area contributed by atoms with Gasteiger partial charge in [-0.25, -0.2) is 9.97 Å². The third-order valence-electron chi connectivity index (χ3n) is 9.13. The fourth-order valence-corrected chi connectivity index (χ4v) is 5.68. The standard InChI is InChI=1S/C30H23BN2O2.C11H18/c1-3-8-22(9-4-1)23-14-16-24(17-15-23)28-21-29(33-30(32-28)25-10-5-2-6-11-25)26-12-7-13-27(20-26)31-34-18-19-35-31;1-9-6-7-10(2,3)11(4,5)8-9/h1-17,20-21H,18-19H2;6-8H,1-5H3. The van der Waals surface area contributed by atoms with E-state index in [0.29, 0.717) is 29.9 Å². The molecule has 0 bridgehead atoms. The highest BCUT2D eigenvalue weighted by atomic mass is 16.6. The van der Waals surface area contributed by atoms with Gasteiger partial charge in [-0.1, -0.05) is 161 Å². The zero-order valence-electron chi connectivity index (χ0n) is 27.4. The van der Waals surface area contributed by atoms with Crippen molar-refractivity contribution in [3.63, 3.8) is 0 Å². The molecule has 4 nitrogen and oxygen atoms in total. The summed E-state index contributed by atoms with van der Waals surface area (Å²) in [6.07, 6.45) is 6.88. The van der Waals surface area contributed by atoms with Gasteiger partial charge in [-0.3, -0.25) is 0 Å². The predicted octanol–water partition coefficient (Wildman–Crippen LogP) is 9.44. The normalized spacial score (nSPS) is 16.4. The maximum atomic E-state index is 5.71. The molecule has 230 valence electrons. The van der Waals surface area contributed by atoms with Crippen LogP contribution >= 0.6 is 0 Å². The van der Waals surface area contributed by atoms with Crippen molar-refractivity contribution in [2.75, 3.05) is 13.2 Å². The Balaban J connectivity index is 0.000000288. The van der Waals surface area contributed by atoms with E-state index in [-0.39, 0.29) is 7.12 Å². The first-order chi connectivity index (χ1) is 22.2. The summed E-state index contributed by atoms with van der Waals surface area (Å²) in [5.74, 6) is 0.698. The molecule has 0 amide bonds. The summed E-state index contributed by atoms with van der Waals surface area (Å²) in [4.78, 5) is 9.88. The molecule has 1 fully saturated rings. The van der Waals surface area contributed by atoms with E-state index in [1.807, 2.05) is 48.5 Å². The molecule has 0 saturated carbocycles. The summed E-state index contributed by atoms with van der Waals surface area (Å²) >= 11 is 0. The molecule has 1 aliphatic heterocycles. The Kier molecular flexibility index (Phi) is 9.16. The highest BCUT2D eigenvalue weighted by Gasteiger charge is 2.34. The summed E-state index contributed by atoms with van der Waals surface area (Å²) in [7, 11) is -0.324. The minimum Gasteiger partial charge on any atom is -0.405 e. The fraction of sp³-hybridized carbons (Fsp3) is 0.220. The van der Waals surface area contributed by atoms with Crippen LogP contribution in [-0.2, 0) is 9.31 Å². The maximum Gasteiger partial charge on any atom is 0.494 e. The van der Waals surface area contributed by atoms with Gasteiger partial charge in [0.15, 0.2) is 5.82 Å². The van der Waals surface area contributed by atoms with Crippen LogP contribution in [0.4, 0.5) is 0 Å². The van der Waals surface area contributed by atoms with Crippen molar-refractivity contribution in [3.8, 4) is 45.0 Å². The third kappa shape index (κ3) is 7.12. The van der Waals surface area contributed by atoms with Crippen molar-refractivity contribution < 1.29 is 9.31 Å². The third-order valence-corrected chi connectivity index (χ3v) is 9.13. The highest BCUT2D eigenvalue weighted by Crippen LogP contribution is 2.44. The number of benzene rings is 4. The summed E-state index contributed by atoms with van der Waals surface area (Å²) in [6, 6.07) is 39.3. The second kappa shape index (κ2) is 13.4. The number of hydrogen-bond acceptors (Lipinski definition) is 4. The fourth-order valence-electron chi connectivity index (χ4n) is 5.68. The molecule has 1 aliphatic carbocycles. The van der Waals surface area contributed by atoms with Crippen molar-refractivity contribution in [1.29, 1.82) is 0 Å². The van der Waals surface area contributed by atoms with Gasteiger partial charge >= 0.3 is 7.12 Å². The van der Waals surface area contributed by atoms with Crippen molar-refractivity contribution in [1.82, 2.24) is 9.97 Å². The van der Waals surface area contributed by atoms with Crippen LogP contribution in [0, 0.1) is 10.8 Å². The zero-order chi connectivity index (χ0) is 32.1. The molecular formula is C41H41BN2O2. The Labute approximate surface area is 274 Å². The minimum absolute atomic E-state index is 0.297. The zero-order valence-corrected chi connectivity index (χ0v) is 27.4. The molecule has 46 heavy (non-hydrogen) atoms. The highest BCUT2D eigenvalue weighted by molar-refractivity contribution is 6.61. The first-order valence-electron chi connectivity index (χ1n) is 16.0. The SMILES string of the molecule is CC1=CC(C)(C)C(C)(C)C=C1.c1ccc(-c2ccc(-c3cc(-c4cccc(B5OCCO5)c4)nc(-c4ccccc4)n3)cc2)cc1. The van der Waals surface area contributed by atoms with Crippen molar-refractivity contribution in [2.45, 2.75) is 34.6 Å². The lowest BCUT2D eigenvalue weighted by Gasteiger charge is -2.40. The number of nitrogens with zero attached hydrogens (tertiary/aromatic N) is 2. The molecular weight excluding hydrogens is 563 g/mol. The number of aromatic nitrogens is 2. The smallest absolute Gasteiger partial charge is 0.405 e. The Morgan fingerprint density at radius 3 is 1.72 bits per heavy atom. The van der Waals surface area contributed by atoms with Gasteiger partial charge in [-0.05, 0) is 46.0 Å². The van der Waals surface area contributed by atoms with Crippen LogP contribution in [-0.4, -0.2) is 30.3 Å². The maximum absolute atomic E-state index is 5.71. The van der Waals surface area contributed by atoms with Gasteiger partial charge in [0.25, 0.3) is 0 Å².